The lowest BCUT2D eigenvalue weighted by Gasteiger charge is -2.14. The Labute approximate surface area is 143 Å². The van der Waals surface area contributed by atoms with Gasteiger partial charge in [0.15, 0.2) is 0 Å². The minimum Gasteiger partial charge on any atom is -0.0911 e. The maximum Gasteiger partial charge on any atom is -0.00206 e. The normalized spacial score (nSPS) is 17.0. The van der Waals surface area contributed by atoms with Crippen molar-refractivity contribution in [1.82, 2.24) is 0 Å². The smallest absolute Gasteiger partial charge is 0.00206 e. The van der Waals surface area contributed by atoms with Gasteiger partial charge in [-0.2, -0.15) is 0 Å². The fraction of sp³-hybridized carbons (Fsp3) is 0.167. The van der Waals surface area contributed by atoms with Gasteiger partial charge in [0.05, 0.1) is 0 Å². The van der Waals surface area contributed by atoms with E-state index in [1.54, 1.807) is 0 Å². The molecule has 1 aliphatic rings. The number of hydrogen-bond donors (Lipinski definition) is 0. The van der Waals surface area contributed by atoms with Gasteiger partial charge in [-0.05, 0) is 61.9 Å². The maximum atomic E-state index is 4.30. The van der Waals surface area contributed by atoms with E-state index < -0.39 is 0 Å². The third kappa shape index (κ3) is 2.30. The van der Waals surface area contributed by atoms with Crippen LogP contribution >= 0.6 is 0 Å². The van der Waals surface area contributed by atoms with E-state index >= 15 is 0 Å². The molecule has 0 spiro atoms. The summed E-state index contributed by atoms with van der Waals surface area (Å²) in [6, 6.07) is 11.2. The highest BCUT2D eigenvalue weighted by molar-refractivity contribution is 6.16. The van der Waals surface area contributed by atoms with Crippen molar-refractivity contribution in [2.45, 2.75) is 20.3 Å². The molecule has 0 aromatic heterocycles. The van der Waals surface area contributed by atoms with Crippen molar-refractivity contribution in [2.75, 3.05) is 0 Å². The molecule has 118 valence electrons. The zero-order valence-corrected chi connectivity index (χ0v) is 14.3. The second-order valence-electron chi connectivity index (χ2n) is 6.67. The largest absolute Gasteiger partial charge is 0.0911 e. The van der Waals surface area contributed by atoms with Crippen LogP contribution in [0.15, 0.2) is 48.6 Å². The Hall–Kier alpha value is -2.60. The van der Waals surface area contributed by atoms with Crippen LogP contribution in [0.2, 0.25) is 0 Å². The predicted molar refractivity (Wildman–Crippen MR) is 109 cm³/mol. The van der Waals surface area contributed by atoms with Crippen LogP contribution in [0.4, 0.5) is 0 Å². The molecule has 3 aromatic carbocycles. The molecule has 0 nitrogen and oxygen atoms in total. The highest BCUT2D eigenvalue weighted by Crippen LogP contribution is 2.35. The molecular weight excluding hydrogens is 288 g/mol. The molecule has 24 heavy (non-hydrogen) atoms. The first kappa shape index (κ1) is 15.0. The second kappa shape index (κ2) is 5.79. The third-order valence-electron chi connectivity index (χ3n) is 4.90. The van der Waals surface area contributed by atoms with E-state index in [4.69, 9.17) is 0 Å². The van der Waals surface area contributed by atoms with Crippen LogP contribution in [0.3, 0.4) is 0 Å². The van der Waals surface area contributed by atoms with Gasteiger partial charge in [-0.15, -0.1) is 0 Å². The first-order chi connectivity index (χ1) is 11.7. The molecule has 1 aliphatic carbocycles. The zero-order valence-electron chi connectivity index (χ0n) is 14.3. The highest BCUT2D eigenvalue weighted by atomic mass is 14.2. The summed E-state index contributed by atoms with van der Waals surface area (Å²) < 4.78 is 0. The van der Waals surface area contributed by atoms with Gasteiger partial charge in [0.25, 0.3) is 0 Å². The van der Waals surface area contributed by atoms with Crippen molar-refractivity contribution in [3.63, 3.8) is 0 Å². The monoisotopic (exact) mass is 310 g/mol. The van der Waals surface area contributed by atoms with Crippen molar-refractivity contribution < 1.29 is 0 Å². The van der Waals surface area contributed by atoms with Crippen LogP contribution in [0.5, 0.6) is 0 Å². The Balaban J connectivity index is 2.16. The maximum absolute atomic E-state index is 4.30. The lowest BCUT2D eigenvalue weighted by atomic mass is 9.90. The fourth-order valence-electron chi connectivity index (χ4n) is 3.64. The van der Waals surface area contributed by atoms with E-state index in [2.05, 4.69) is 87.2 Å². The number of hydrogen-bond acceptors (Lipinski definition) is 0. The SMILES string of the molecule is C=c1ccc2cc3c(c4ccc(/C=C\CC)c1c24)C=CC(C)C=C3. The molecule has 1 atom stereocenters. The van der Waals surface area contributed by atoms with Gasteiger partial charge in [0, 0.05) is 0 Å². The van der Waals surface area contributed by atoms with Gasteiger partial charge >= 0.3 is 0 Å². The summed E-state index contributed by atoms with van der Waals surface area (Å²) in [5.41, 5.74) is 3.89. The van der Waals surface area contributed by atoms with Crippen LogP contribution in [0.25, 0.3) is 46.4 Å². The van der Waals surface area contributed by atoms with Gasteiger partial charge in [0.1, 0.15) is 0 Å². The van der Waals surface area contributed by atoms with E-state index in [0.717, 1.165) is 11.6 Å². The first-order valence-electron chi connectivity index (χ1n) is 8.73. The Morgan fingerprint density at radius 1 is 1.04 bits per heavy atom. The molecule has 0 saturated heterocycles. The molecule has 0 saturated carbocycles. The van der Waals surface area contributed by atoms with Crippen molar-refractivity contribution >= 4 is 46.4 Å². The third-order valence-corrected chi connectivity index (χ3v) is 4.90. The molecule has 0 aliphatic heterocycles. The summed E-state index contributed by atoms with van der Waals surface area (Å²) in [7, 11) is 0. The Morgan fingerprint density at radius 3 is 2.71 bits per heavy atom. The second-order valence-corrected chi connectivity index (χ2v) is 6.67. The van der Waals surface area contributed by atoms with Crippen LogP contribution < -0.4 is 5.22 Å². The minimum atomic E-state index is 0.470. The topological polar surface area (TPSA) is 0 Å². The van der Waals surface area contributed by atoms with E-state index in [0.29, 0.717) is 5.92 Å². The van der Waals surface area contributed by atoms with Gasteiger partial charge in [0.2, 0.25) is 0 Å². The molecule has 0 heterocycles. The van der Waals surface area contributed by atoms with E-state index in [1.807, 2.05) is 0 Å². The highest BCUT2D eigenvalue weighted by Gasteiger charge is 2.13. The lowest BCUT2D eigenvalue weighted by molar-refractivity contribution is 0.954. The molecule has 3 aromatic rings. The molecule has 0 amide bonds. The quantitative estimate of drug-likeness (QED) is 0.527. The lowest BCUT2D eigenvalue weighted by Crippen LogP contribution is -2.02. The molecule has 0 radical (unpaired) electrons. The summed E-state index contributed by atoms with van der Waals surface area (Å²) in [5.74, 6) is 0.470. The fourth-order valence-corrected chi connectivity index (χ4v) is 3.64. The van der Waals surface area contributed by atoms with Crippen molar-refractivity contribution in [1.29, 1.82) is 0 Å². The van der Waals surface area contributed by atoms with Crippen molar-refractivity contribution in [3.8, 4) is 0 Å². The van der Waals surface area contributed by atoms with Crippen LogP contribution in [0, 0.1) is 5.92 Å². The van der Waals surface area contributed by atoms with Gasteiger partial charge < -0.3 is 0 Å². The number of benzene rings is 3. The van der Waals surface area contributed by atoms with Crippen molar-refractivity contribution in [3.05, 3.63) is 70.5 Å². The van der Waals surface area contributed by atoms with Crippen LogP contribution in [-0.4, -0.2) is 0 Å². The molecule has 1 unspecified atom stereocenters. The minimum absolute atomic E-state index is 0.470. The average molecular weight is 310 g/mol. The molecule has 0 N–H and O–H groups in total. The summed E-state index contributed by atoms with van der Waals surface area (Å²) in [5, 5.41) is 6.35. The van der Waals surface area contributed by atoms with E-state index in [1.165, 1.54) is 38.2 Å². The summed E-state index contributed by atoms with van der Waals surface area (Å²) in [6.07, 6.45) is 14.6. The summed E-state index contributed by atoms with van der Waals surface area (Å²) in [4.78, 5) is 0. The molecule has 0 bridgehead atoms. The zero-order chi connectivity index (χ0) is 16.7. The standard InChI is InChI=1S/C24H22/c1-4-5-6-18-12-14-22-21-13-8-16(2)7-10-19(21)15-20-11-9-17(3)23(18)24(20)22/h5-16H,3-4H2,1-2H3/b6-5-. The Kier molecular flexibility index (Phi) is 3.61. The van der Waals surface area contributed by atoms with Gasteiger partial charge in [-0.25, -0.2) is 0 Å². The molecule has 4 rings (SSSR count). The average Bonchev–Trinajstić information content (AvgIpc) is 2.78. The summed E-state index contributed by atoms with van der Waals surface area (Å²) >= 11 is 0. The van der Waals surface area contributed by atoms with Crippen molar-refractivity contribution in [2.24, 2.45) is 5.92 Å². The number of fused-ring (bicyclic) bond motifs is 2. The van der Waals surface area contributed by atoms with Gasteiger partial charge in [-0.3, -0.25) is 0 Å². The number of allylic oxidation sites excluding steroid dienone is 3. The van der Waals surface area contributed by atoms with E-state index in [9.17, 15) is 0 Å². The Bertz CT molecular complexity index is 1060. The molecular formula is C24H22. The molecule has 0 heteroatoms. The predicted octanol–water partition coefficient (Wildman–Crippen LogP) is 6.22. The first-order valence-corrected chi connectivity index (χ1v) is 8.73. The van der Waals surface area contributed by atoms with Crippen LogP contribution in [0.1, 0.15) is 37.0 Å². The molecule has 0 fully saturated rings. The number of rotatable bonds is 2. The van der Waals surface area contributed by atoms with E-state index in [-0.39, 0.29) is 0 Å². The summed E-state index contributed by atoms with van der Waals surface area (Å²) in [6.45, 7) is 8.69. The Morgan fingerprint density at radius 2 is 1.88 bits per heavy atom. The van der Waals surface area contributed by atoms with Crippen LogP contribution in [-0.2, 0) is 0 Å². The van der Waals surface area contributed by atoms with Gasteiger partial charge in [-0.1, -0.05) is 81.1 Å².